The van der Waals surface area contributed by atoms with Crippen molar-refractivity contribution in [3.8, 4) is 11.3 Å². The standard InChI is InChI=1S/C13H14FN3/c1-3-11-12(16-8-17-13(11)15-2)9-4-6-10(14)7-5-9/h4-8H,3H2,1-2H3,(H,15,16,17). The van der Waals surface area contributed by atoms with Crippen LogP contribution in [0.4, 0.5) is 10.2 Å². The molecule has 0 spiro atoms. The number of anilines is 1. The highest BCUT2D eigenvalue weighted by atomic mass is 19.1. The van der Waals surface area contributed by atoms with Gasteiger partial charge in [-0.05, 0) is 30.7 Å². The van der Waals surface area contributed by atoms with Gasteiger partial charge in [-0.15, -0.1) is 0 Å². The first-order chi connectivity index (χ1) is 8.26. The lowest BCUT2D eigenvalue weighted by Gasteiger charge is -2.10. The SMILES string of the molecule is CCc1c(NC)ncnc1-c1ccc(F)cc1. The van der Waals surface area contributed by atoms with E-state index in [1.54, 1.807) is 12.1 Å². The quantitative estimate of drug-likeness (QED) is 0.882. The van der Waals surface area contributed by atoms with Crippen LogP contribution in [0.3, 0.4) is 0 Å². The Morgan fingerprint density at radius 1 is 1.18 bits per heavy atom. The largest absolute Gasteiger partial charge is 0.373 e. The highest BCUT2D eigenvalue weighted by Gasteiger charge is 2.10. The molecule has 0 aliphatic heterocycles. The predicted octanol–water partition coefficient (Wildman–Crippen LogP) is 2.89. The molecule has 2 rings (SSSR count). The summed E-state index contributed by atoms with van der Waals surface area (Å²) < 4.78 is 12.9. The predicted molar refractivity (Wildman–Crippen MR) is 66.4 cm³/mol. The van der Waals surface area contributed by atoms with Crippen molar-refractivity contribution < 1.29 is 4.39 Å². The van der Waals surface area contributed by atoms with Gasteiger partial charge in [0.25, 0.3) is 0 Å². The number of nitrogens with one attached hydrogen (secondary N) is 1. The lowest BCUT2D eigenvalue weighted by atomic mass is 10.0. The monoisotopic (exact) mass is 231 g/mol. The number of hydrogen-bond donors (Lipinski definition) is 1. The maximum Gasteiger partial charge on any atom is 0.132 e. The second kappa shape index (κ2) is 4.91. The Morgan fingerprint density at radius 2 is 1.88 bits per heavy atom. The van der Waals surface area contributed by atoms with Gasteiger partial charge in [-0.25, -0.2) is 14.4 Å². The molecule has 0 atom stereocenters. The third kappa shape index (κ3) is 2.25. The Kier molecular flexibility index (Phi) is 3.32. The molecule has 1 N–H and O–H groups in total. The zero-order valence-electron chi connectivity index (χ0n) is 9.87. The second-order valence-corrected chi connectivity index (χ2v) is 3.66. The molecule has 1 aromatic heterocycles. The first kappa shape index (κ1) is 11.5. The summed E-state index contributed by atoms with van der Waals surface area (Å²) >= 11 is 0. The Labute approximate surface area is 99.7 Å². The van der Waals surface area contributed by atoms with Crippen LogP contribution in [-0.2, 0) is 6.42 Å². The minimum Gasteiger partial charge on any atom is -0.373 e. The van der Waals surface area contributed by atoms with Gasteiger partial charge in [0.15, 0.2) is 0 Å². The van der Waals surface area contributed by atoms with Crippen molar-refractivity contribution in [3.63, 3.8) is 0 Å². The molecule has 2 aromatic rings. The molecule has 0 amide bonds. The fourth-order valence-electron chi connectivity index (χ4n) is 1.82. The van der Waals surface area contributed by atoms with Crippen molar-refractivity contribution in [2.24, 2.45) is 0 Å². The smallest absolute Gasteiger partial charge is 0.132 e. The maximum atomic E-state index is 12.9. The molecular weight excluding hydrogens is 217 g/mol. The molecule has 0 aliphatic carbocycles. The number of nitrogens with zero attached hydrogens (tertiary/aromatic N) is 2. The highest BCUT2D eigenvalue weighted by molar-refractivity contribution is 5.68. The molecule has 0 saturated heterocycles. The molecule has 0 radical (unpaired) electrons. The average molecular weight is 231 g/mol. The second-order valence-electron chi connectivity index (χ2n) is 3.66. The number of hydrogen-bond acceptors (Lipinski definition) is 3. The van der Waals surface area contributed by atoms with Crippen LogP contribution >= 0.6 is 0 Å². The van der Waals surface area contributed by atoms with Crippen LogP contribution in [0.1, 0.15) is 12.5 Å². The van der Waals surface area contributed by atoms with Crippen LogP contribution in [0.5, 0.6) is 0 Å². The summed E-state index contributed by atoms with van der Waals surface area (Å²) in [5.41, 5.74) is 2.80. The molecule has 17 heavy (non-hydrogen) atoms. The van der Waals surface area contributed by atoms with E-state index >= 15 is 0 Å². The van der Waals surface area contributed by atoms with Crippen molar-refractivity contribution in [2.45, 2.75) is 13.3 Å². The minimum absolute atomic E-state index is 0.241. The molecule has 0 saturated carbocycles. The van der Waals surface area contributed by atoms with Gasteiger partial charge in [0, 0.05) is 18.2 Å². The van der Waals surface area contributed by atoms with Crippen molar-refractivity contribution in [2.75, 3.05) is 12.4 Å². The lowest BCUT2D eigenvalue weighted by molar-refractivity contribution is 0.628. The average Bonchev–Trinajstić information content (AvgIpc) is 2.38. The summed E-state index contributed by atoms with van der Waals surface area (Å²) in [6.07, 6.45) is 2.34. The summed E-state index contributed by atoms with van der Waals surface area (Å²) in [6.45, 7) is 2.05. The van der Waals surface area contributed by atoms with Gasteiger partial charge in [0.1, 0.15) is 18.0 Å². The van der Waals surface area contributed by atoms with Crippen molar-refractivity contribution >= 4 is 5.82 Å². The summed E-state index contributed by atoms with van der Waals surface area (Å²) in [4.78, 5) is 8.46. The van der Waals surface area contributed by atoms with E-state index in [2.05, 4.69) is 15.3 Å². The van der Waals surface area contributed by atoms with E-state index in [0.717, 1.165) is 29.1 Å². The minimum atomic E-state index is -0.241. The topological polar surface area (TPSA) is 37.8 Å². The van der Waals surface area contributed by atoms with E-state index in [0.29, 0.717) is 0 Å². The molecular formula is C13H14FN3. The Morgan fingerprint density at radius 3 is 2.47 bits per heavy atom. The molecule has 0 bridgehead atoms. The Balaban J connectivity index is 2.54. The van der Waals surface area contributed by atoms with Crippen molar-refractivity contribution in [1.29, 1.82) is 0 Å². The number of benzene rings is 1. The van der Waals surface area contributed by atoms with Gasteiger partial charge < -0.3 is 5.32 Å². The van der Waals surface area contributed by atoms with Crippen LogP contribution in [0.2, 0.25) is 0 Å². The Hall–Kier alpha value is -1.97. The first-order valence-corrected chi connectivity index (χ1v) is 5.53. The van der Waals surface area contributed by atoms with E-state index in [1.807, 2.05) is 14.0 Å². The fourth-order valence-corrected chi connectivity index (χ4v) is 1.82. The normalized spacial score (nSPS) is 10.3. The first-order valence-electron chi connectivity index (χ1n) is 5.53. The van der Waals surface area contributed by atoms with Crippen molar-refractivity contribution in [1.82, 2.24) is 9.97 Å². The molecule has 88 valence electrons. The van der Waals surface area contributed by atoms with E-state index in [1.165, 1.54) is 18.5 Å². The molecule has 1 heterocycles. The molecule has 0 unspecified atom stereocenters. The van der Waals surface area contributed by atoms with Crippen LogP contribution in [0, 0.1) is 5.82 Å². The lowest BCUT2D eigenvalue weighted by Crippen LogP contribution is -2.02. The third-order valence-corrected chi connectivity index (χ3v) is 2.65. The van der Waals surface area contributed by atoms with Gasteiger partial charge in [-0.1, -0.05) is 6.92 Å². The Bertz CT molecular complexity index is 509. The van der Waals surface area contributed by atoms with Gasteiger partial charge in [-0.2, -0.15) is 0 Å². The van der Waals surface area contributed by atoms with E-state index in [-0.39, 0.29) is 5.82 Å². The van der Waals surface area contributed by atoms with E-state index < -0.39 is 0 Å². The van der Waals surface area contributed by atoms with E-state index in [9.17, 15) is 4.39 Å². The summed E-state index contributed by atoms with van der Waals surface area (Å²) in [7, 11) is 1.83. The number of aromatic nitrogens is 2. The zero-order valence-corrected chi connectivity index (χ0v) is 9.87. The maximum absolute atomic E-state index is 12.9. The number of rotatable bonds is 3. The van der Waals surface area contributed by atoms with Crippen LogP contribution in [0.15, 0.2) is 30.6 Å². The number of halogens is 1. The summed E-state index contributed by atoms with van der Waals surface area (Å²) in [5, 5.41) is 3.04. The van der Waals surface area contributed by atoms with Gasteiger partial charge in [-0.3, -0.25) is 0 Å². The fraction of sp³-hybridized carbons (Fsp3) is 0.231. The van der Waals surface area contributed by atoms with E-state index in [4.69, 9.17) is 0 Å². The molecule has 0 fully saturated rings. The zero-order chi connectivity index (χ0) is 12.3. The highest BCUT2D eigenvalue weighted by Crippen LogP contribution is 2.25. The van der Waals surface area contributed by atoms with Gasteiger partial charge >= 0.3 is 0 Å². The molecule has 3 nitrogen and oxygen atoms in total. The summed E-state index contributed by atoms with van der Waals surface area (Å²) in [5.74, 6) is 0.580. The summed E-state index contributed by atoms with van der Waals surface area (Å²) in [6, 6.07) is 6.35. The van der Waals surface area contributed by atoms with Crippen LogP contribution < -0.4 is 5.32 Å². The molecule has 1 aromatic carbocycles. The van der Waals surface area contributed by atoms with Gasteiger partial charge in [0.2, 0.25) is 0 Å². The molecule has 0 aliphatic rings. The van der Waals surface area contributed by atoms with Crippen LogP contribution in [0.25, 0.3) is 11.3 Å². The van der Waals surface area contributed by atoms with Crippen LogP contribution in [-0.4, -0.2) is 17.0 Å². The third-order valence-electron chi connectivity index (χ3n) is 2.65. The molecule has 4 heteroatoms. The van der Waals surface area contributed by atoms with Gasteiger partial charge in [0.05, 0.1) is 5.69 Å². The van der Waals surface area contributed by atoms with Crippen molar-refractivity contribution in [3.05, 3.63) is 42.0 Å².